The largest absolute Gasteiger partial charge is 0.673 e. The van der Waals surface area contributed by atoms with Crippen molar-refractivity contribution in [1.82, 2.24) is 0 Å². The van der Waals surface area contributed by atoms with E-state index in [1.807, 2.05) is 0 Å². The number of rotatable bonds is 0. The predicted octanol–water partition coefficient (Wildman–Crippen LogP) is 4.54. The molecule has 0 aliphatic carbocycles. The zero-order valence-corrected chi connectivity index (χ0v) is 8.43. The summed E-state index contributed by atoms with van der Waals surface area (Å²) in [4.78, 5) is 0. The molecule has 0 radical (unpaired) electrons. The van der Waals surface area contributed by atoms with Gasteiger partial charge in [0.05, 0.1) is 22.7 Å². The number of benzene rings is 1. The van der Waals surface area contributed by atoms with Crippen LogP contribution < -0.4 is 0 Å². The highest BCUT2D eigenvalue weighted by atomic mass is 32.2. The second kappa shape index (κ2) is 4.70. The maximum Gasteiger partial charge on any atom is 0.673 e. The van der Waals surface area contributed by atoms with E-state index < -0.39 is 7.25 Å². The lowest BCUT2D eigenvalue weighted by molar-refractivity contribution is 0.368. The van der Waals surface area contributed by atoms with Crippen LogP contribution in [0.5, 0.6) is 0 Å². The van der Waals surface area contributed by atoms with Crippen molar-refractivity contribution < 1.29 is 17.3 Å². The lowest BCUT2D eigenvalue weighted by Crippen LogP contribution is -2.02. The quantitative estimate of drug-likeness (QED) is 0.360. The fraction of sp³-hybridized carbons (Fsp3) is 0. The van der Waals surface area contributed by atoms with Crippen molar-refractivity contribution in [2.45, 2.75) is 0 Å². The molecule has 0 unspecified atom stereocenters. The molecule has 1 heterocycles. The monoisotopic (exact) mass is 240 g/mol. The van der Waals surface area contributed by atoms with E-state index in [0.717, 1.165) is 0 Å². The van der Waals surface area contributed by atoms with E-state index in [9.17, 15) is 17.3 Å². The van der Waals surface area contributed by atoms with Crippen molar-refractivity contribution in [2.75, 3.05) is 0 Å². The number of hydrogen-bond acceptors (Lipinski definition) is 1. The molecule has 0 amide bonds. The van der Waals surface area contributed by atoms with Crippen LogP contribution in [0.1, 0.15) is 0 Å². The molecule has 7 heteroatoms. The smallest absolute Gasteiger partial charge is 0.418 e. The minimum Gasteiger partial charge on any atom is -0.418 e. The van der Waals surface area contributed by atoms with Crippen molar-refractivity contribution >= 4 is 39.3 Å². The molecule has 0 nitrogen and oxygen atoms in total. The van der Waals surface area contributed by atoms with Gasteiger partial charge in [0.25, 0.3) is 0 Å². The third kappa shape index (κ3) is 4.52. The SMILES string of the molecule is F[B-](F)(F)F.c1ccc2[s+]csc2c1. The Bertz CT molecular complexity index is 361. The molecule has 1 aromatic carbocycles. The molecule has 0 atom stereocenters. The fourth-order valence-electron chi connectivity index (χ4n) is 0.773. The van der Waals surface area contributed by atoms with Gasteiger partial charge >= 0.3 is 7.25 Å². The van der Waals surface area contributed by atoms with Gasteiger partial charge in [-0.25, -0.2) is 0 Å². The zero-order valence-electron chi connectivity index (χ0n) is 6.79. The van der Waals surface area contributed by atoms with Crippen LogP contribution in [-0.2, 0) is 0 Å². The van der Waals surface area contributed by atoms with Crippen molar-refractivity contribution in [3.05, 3.63) is 29.0 Å². The molecule has 2 rings (SSSR count). The molecule has 0 saturated carbocycles. The first-order chi connectivity index (χ1) is 6.47. The summed E-state index contributed by atoms with van der Waals surface area (Å²) < 4.78 is 43.9. The van der Waals surface area contributed by atoms with Gasteiger partial charge in [-0.1, -0.05) is 12.1 Å². The van der Waals surface area contributed by atoms with E-state index in [1.165, 1.54) is 9.40 Å². The maximum atomic E-state index is 9.75. The van der Waals surface area contributed by atoms with Crippen LogP contribution in [0.15, 0.2) is 29.0 Å². The van der Waals surface area contributed by atoms with E-state index in [2.05, 4.69) is 29.0 Å². The van der Waals surface area contributed by atoms with Gasteiger partial charge in [-0.05, 0) is 12.1 Å². The number of fused-ring (bicyclic) bond motifs is 1. The van der Waals surface area contributed by atoms with Crippen LogP contribution in [0.2, 0.25) is 0 Å². The van der Waals surface area contributed by atoms with Crippen LogP contribution in [0.3, 0.4) is 0 Å². The first-order valence-electron chi connectivity index (χ1n) is 3.58. The summed E-state index contributed by atoms with van der Waals surface area (Å²) in [5.41, 5.74) is 0. The van der Waals surface area contributed by atoms with E-state index in [0.29, 0.717) is 0 Å². The molecule has 14 heavy (non-hydrogen) atoms. The molecular weight excluding hydrogens is 235 g/mol. The van der Waals surface area contributed by atoms with E-state index in [1.54, 1.807) is 22.7 Å². The summed E-state index contributed by atoms with van der Waals surface area (Å²) in [6.45, 7) is 0. The summed E-state index contributed by atoms with van der Waals surface area (Å²) in [5, 5.41) is 0. The van der Waals surface area contributed by atoms with Crippen LogP contribution in [0.25, 0.3) is 9.40 Å². The molecule has 0 fully saturated rings. The Morgan fingerprint density at radius 1 is 1.07 bits per heavy atom. The van der Waals surface area contributed by atoms with Gasteiger partial charge in [-0.15, -0.1) is 0 Å². The average Bonchev–Trinajstić information content (AvgIpc) is 2.47. The summed E-state index contributed by atoms with van der Waals surface area (Å²) in [7, 11) is -6.00. The Hall–Kier alpha value is -0.685. The van der Waals surface area contributed by atoms with Crippen LogP contribution in [0.4, 0.5) is 17.3 Å². The van der Waals surface area contributed by atoms with E-state index in [4.69, 9.17) is 0 Å². The molecule has 0 aliphatic rings. The maximum absolute atomic E-state index is 9.75. The summed E-state index contributed by atoms with van der Waals surface area (Å²) >= 11 is 3.61. The lowest BCUT2D eigenvalue weighted by Gasteiger charge is -1.94. The molecule has 0 bridgehead atoms. The van der Waals surface area contributed by atoms with Gasteiger partial charge in [0, 0.05) is 0 Å². The Morgan fingerprint density at radius 3 is 2.21 bits per heavy atom. The molecule has 2 aromatic rings. The topological polar surface area (TPSA) is 0 Å². The van der Waals surface area contributed by atoms with Gasteiger partial charge in [-0.3, -0.25) is 0 Å². The molecule has 0 saturated heterocycles. The minimum absolute atomic E-state index is 1.39. The molecular formula is C7H5BF4S2. The van der Waals surface area contributed by atoms with Crippen LogP contribution >= 0.6 is 22.7 Å². The normalized spacial score (nSPS) is 10.9. The highest BCUT2D eigenvalue weighted by Gasteiger charge is 2.20. The number of hydrogen-bond donors (Lipinski definition) is 0. The number of halogens is 4. The van der Waals surface area contributed by atoms with Crippen LogP contribution in [0, 0.1) is 0 Å². The second-order valence-electron chi connectivity index (χ2n) is 2.27. The molecule has 1 aromatic heterocycles. The van der Waals surface area contributed by atoms with Crippen molar-refractivity contribution in [1.29, 1.82) is 0 Å². The highest BCUT2D eigenvalue weighted by Crippen LogP contribution is 2.24. The zero-order chi connectivity index (χ0) is 10.6. The molecule has 0 aliphatic heterocycles. The molecule has 0 N–H and O–H groups in total. The Kier molecular flexibility index (Phi) is 3.82. The first-order valence-corrected chi connectivity index (χ1v) is 5.34. The average molecular weight is 240 g/mol. The summed E-state index contributed by atoms with van der Waals surface area (Å²) in [6.07, 6.45) is 0. The van der Waals surface area contributed by atoms with E-state index in [-0.39, 0.29) is 0 Å². The summed E-state index contributed by atoms with van der Waals surface area (Å²) in [6, 6.07) is 8.45. The van der Waals surface area contributed by atoms with Gasteiger partial charge in [0.1, 0.15) is 0 Å². The van der Waals surface area contributed by atoms with Crippen molar-refractivity contribution in [3.8, 4) is 0 Å². The van der Waals surface area contributed by atoms with Crippen molar-refractivity contribution in [3.63, 3.8) is 0 Å². The molecule has 0 spiro atoms. The second-order valence-corrected chi connectivity index (χ2v) is 4.39. The van der Waals surface area contributed by atoms with E-state index >= 15 is 0 Å². The highest BCUT2D eigenvalue weighted by molar-refractivity contribution is 7.36. The fourth-order valence-corrected chi connectivity index (χ4v) is 2.77. The lowest BCUT2D eigenvalue weighted by atomic mass is 10.3. The minimum atomic E-state index is -6.00. The predicted molar refractivity (Wildman–Crippen MR) is 54.3 cm³/mol. The van der Waals surface area contributed by atoms with Gasteiger partial charge in [0.2, 0.25) is 4.69 Å². The van der Waals surface area contributed by atoms with Crippen molar-refractivity contribution in [2.24, 2.45) is 0 Å². The first kappa shape index (κ1) is 11.4. The van der Waals surface area contributed by atoms with Gasteiger partial charge < -0.3 is 17.3 Å². The third-order valence-electron chi connectivity index (χ3n) is 1.20. The summed E-state index contributed by atoms with van der Waals surface area (Å²) in [5.74, 6) is 0. The van der Waals surface area contributed by atoms with Gasteiger partial charge in [-0.2, -0.15) is 0 Å². The Labute approximate surface area is 85.9 Å². The van der Waals surface area contributed by atoms with Crippen LogP contribution in [-0.4, -0.2) is 7.25 Å². The Balaban J connectivity index is 0.000000171. The third-order valence-corrected chi connectivity index (χ3v) is 3.32. The van der Waals surface area contributed by atoms with Gasteiger partial charge in [0.15, 0.2) is 9.40 Å². The standard InChI is InChI=1S/C7H5S2.BF4/c1-2-4-7-6(3-1)8-5-9-7;2-1(3,4)5/h1-5H;/q+1;-1. The Morgan fingerprint density at radius 2 is 1.64 bits per heavy atom. The molecule has 76 valence electrons.